The van der Waals surface area contributed by atoms with Gasteiger partial charge in [0.1, 0.15) is 0 Å². The maximum atomic E-state index is 6.09. The molecule has 0 aliphatic heterocycles. The number of nitrogens with two attached hydrogens (primary N) is 1. The number of aromatic nitrogens is 2. The Bertz CT molecular complexity index is 402. The lowest BCUT2D eigenvalue weighted by Gasteiger charge is -2.35. The van der Waals surface area contributed by atoms with E-state index in [-0.39, 0.29) is 6.04 Å². The molecule has 0 amide bonds. The molecule has 0 aromatic carbocycles. The van der Waals surface area contributed by atoms with E-state index in [2.05, 4.69) is 28.3 Å². The Morgan fingerprint density at radius 2 is 2.30 bits per heavy atom. The highest BCUT2D eigenvalue weighted by molar-refractivity contribution is 5.10. The van der Waals surface area contributed by atoms with Gasteiger partial charge in [0, 0.05) is 38.5 Å². The molecule has 1 saturated carbocycles. The average Bonchev–Trinajstić information content (AvgIpc) is 3.21. The number of imidazole rings is 1. The van der Waals surface area contributed by atoms with Gasteiger partial charge in [-0.1, -0.05) is 6.92 Å². The van der Waals surface area contributed by atoms with Crippen molar-refractivity contribution in [1.82, 2.24) is 14.5 Å². The van der Waals surface area contributed by atoms with Crippen molar-refractivity contribution < 1.29 is 4.74 Å². The first kappa shape index (κ1) is 15.5. The third kappa shape index (κ3) is 3.40. The van der Waals surface area contributed by atoms with E-state index < -0.39 is 0 Å². The van der Waals surface area contributed by atoms with Crippen molar-refractivity contribution in [2.24, 2.45) is 5.73 Å². The number of rotatable bonds is 9. The van der Waals surface area contributed by atoms with Gasteiger partial charge in [0.05, 0.1) is 24.7 Å². The van der Waals surface area contributed by atoms with Crippen molar-refractivity contribution in [3.05, 3.63) is 18.2 Å². The molecule has 0 spiro atoms. The summed E-state index contributed by atoms with van der Waals surface area (Å²) in [6.07, 6.45) is 7.58. The zero-order valence-electron chi connectivity index (χ0n) is 13.0. The van der Waals surface area contributed by atoms with Gasteiger partial charge in [-0.15, -0.1) is 0 Å². The molecule has 0 bridgehead atoms. The number of methoxy groups -OCH3 is 1. The summed E-state index contributed by atoms with van der Waals surface area (Å²) in [6, 6.07) is 1.35. The Morgan fingerprint density at radius 3 is 2.85 bits per heavy atom. The highest BCUT2D eigenvalue weighted by Gasteiger charge is 2.31. The summed E-state index contributed by atoms with van der Waals surface area (Å²) in [6.45, 7) is 6.74. The predicted molar refractivity (Wildman–Crippen MR) is 80.6 cm³/mol. The molecule has 2 N–H and O–H groups in total. The van der Waals surface area contributed by atoms with Gasteiger partial charge in [0.15, 0.2) is 0 Å². The third-order valence-corrected chi connectivity index (χ3v) is 4.31. The van der Waals surface area contributed by atoms with E-state index in [9.17, 15) is 0 Å². The highest BCUT2D eigenvalue weighted by atomic mass is 16.5. The zero-order valence-corrected chi connectivity index (χ0v) is 13.0. The van der Waals surface area contributed by atoms with E-state index in [1.807, 2.05) is 12.5 Å². The van der Waals surface area contributed by atoms with Gasteiger partial charge in [0.25, 0.3) is 0 Å². The van der Waals surface area contributed by atoms with Crippen LogP contribution in [0.4, 0.5) is 0 Å². The summed E-state index contributed by atoms with van der Waals surface area (Å²) < 4.78 is 7.58. The Labute approximate surface area is 122 Å². The maximum absolute atomic E-state index is 6.09. The van der Waals surface area contributed by atoms with Crippen molar-refractivity contribution in [1.29, 1.82) is 0 Å². The minimum Gasteiger partial charge on any atom is -0.383 e. The van der Waals surface area contributed by atoms with Crippen LogP contribution < -0.4 is 5.73 Å². The van der Waals surface area contributed by atoms with E-state index in [0.717, 1.165) is 19.6 Å². The van der Waals surface area contributed by atoms with Crippen molar-refractivity contribution in [2.45, 2.75) is 51.2 Å². The van der Waals surface area contributed by atoms with Crippen LogP contribution in [0.3, 0.4) is 0 Å². The van der Waals surface area contributed by atoms with Crippen LogP contribution in [0.5, 0.6) is 0 Å². The van der Waals surface area contributed by atoms with Crippen LogP contribution in [-0.4, -0.2) is 47.3 Å². The van der Waals surface area contributed by atoms with Crippen LogP contribution in [0.2, 0.25) is 0 Å². The normalized spacial score (nSPS) is 18.4. The topological polar surface area (TPSA) is 56.3 Å². The Balaban J connectivity index is 2.19. The van der Waals surface area contributed by atoms with E-state index in [0.29, 0.717) is 18.6 Å². The molecule has 2 unspecified atom stereocenters. The minimum atomic E-state index is 0.225. The zero-order chi connectivity index (χ0) is 14.5. The Hall–Kier alpha value is -0.910. The molecule has 0 saturated heterocycles. The molecule has 20 heavy (non-hydrogen) atoms. The fraction of sp³-hybridized carbons (Fsp3) is 0.800. The van der Waals surface area contributed by atoms with Gasteiger partial charge < -0.3 is 15.0 Å². The molecular weight excluding hydrogens is 252 g/mol. The van der Waals surface area contributed by atoms with E-state index in [1.54, 1.807) is 7.11 Å². The van der Waals surface area contributed by atoms with Crippen molar-refractivity contribution in [2.75, 3.05) is 26.8 Å². The van der Waals surface area contributed by atoms with Gasteiger partial charge in [-0.3, -0.25) is 4.90 Å². The molecule has 1 aliphatic rings. The molecule has 1 fully saturated rings. The van der Waals surface area contributed by atoms with Gasteiger partial charge in [-0.2, -0.15) is 0 Å². The molecule has 2 rings (SSSR count). The SMILES string of the molecule is CCC(C)N(CCOC)C(CN)c1cncn1C1CC1. The second kappa shape index (κ2) is 7.20. The third-order valence-electron chi connectivity index (χ3n) is 4.31. The predicted octanol–water partition coefficient (Wildman–Crippen LogP) is 1.96. The first-order valence-corrected chi connectivity index (χ1v) is 7.69. The van der Waals surface area contributed by atoms with Crippen LogP contribution in [0.1, 0.15) is 50.9 Å². The van der Waals surface area contributed by atoms with Gasteiger partial charge in [-0.05, 0) is 26.2 Å². The van der Waals surface area contributed by atoms with Crippen LogP contribution >= 0.6 is 0 Å². The summed E-state index contributed by atoms with van der Waals surface area (Å²) in [4.78, 5) is 6.81. The summed E-state index contributed by atoms with van der Waals surface area (Å²) in [5, 5.41) is 0. The van der Waals surface area contributed by atoms with Crippen molar-refractivity contribution in [3.8, 4) is 0 Å². The molecule has 1 heterocycles. The lowest BCUT2D eigenvalue weighted by atomic mass is 10.1. The number of hydrogen-bond acceptors (Lipinski definition) is 4. The average molecular weight is 280 g/mol. The fourth-order valence-corrected chi connectivity index (χ4v) is 2.77. The molecule has 1 aliphatic carbocycles. The summed E-state index contributed by atoms with van der Waals surface area (Å²) in [7, 11) is 1.75. The molecule has 5 heteroatoms. The summed E-state index contributed by atoms with van der Waals surface area (Å²) >= 11 is 0. The number of ether oxygens (including phenoxy) is 1. The van der Waals surface area contributed by atoms with Crippen LogP contribution in [-0.2, 0) is 4.74 Å². The van der Waals surface area contributed by atoms with Gasteiger partial charge >= 0.3 is 0 Å². The molecule has 114 valence electrons. The number of hydrogen-bond donors (Lipinski definition) is 1. The first-order chi connectivity index (χ1) is 9.72. The van der Waals surface area contributed by atoms with Crippen LogP contribution in [0, 0.1) is 0 Å². The summed E-state index contributed by atoms with van der Waals surface area (Å²) in [5.41, 5.74) is 7.35. The monoisotopic (exact) mass is 280 g/mol. The second-order valence-corrected chi connectivity index (χ2v) is 5.70. The molecule has 5 nitrogen and oxygen atoms in total. The van der Waals surface area contributed by atoms with Crippen LogP contribution in [0.25, 0.3) is 0 Å². The molecular formula is C15H28N4O. The Morgan fingerprint density at radius 1 is 1.55 bits per heavy atom. The Kier molecular flexibility index (Phi) is 5.57. The molecule has 0 radical (unpaired) electrons. The largest absolute Gasteiger partial charge is 0.383 e. The van der Waals surface area contributed by atoms with E-state index >= 15 is 0 Å². The van der Waals surface area contributed by atoms with Crippen molar-refractivity contribution >= 4 is 0 Å². The van der Waals surface area contributed by atoms with E-state index in [4.69, 9.17) is 10.5 Å². The minimum absolute atomic E-state index is 0.225. The first-order valence-electron chi connectivity index (χ1n) is 7.69. The second-order valence-electron chi connectivity index (χ2n) is 5.70. The standard InChI is InChI=1S/C15H28N4O/c1-4-12(2)18(7-8-20-3)14(9-16)15-10-17-11-19(15)13-5-6-13/h10-14H,4-9,16H2,1-3H3. The van der Waals surface area contributed by atoms with E-state index in [1.165, 1.54) is 18.5 Å². The summed E-state index contributed by atoms with van der Waals surface area (Å²) in [5.74, 6) is 0. The molecule has 2 atom stereocenters. The van der Waals surface area contributed by atoms with Gasteiger partial charge in [-0.25, -0.2) is 4.98 Å². The van der Waals surface area contributed by atoms with Gasteiger partial charge in [0.2, 0.25) is 0 Å². The maximum Gasteiger partial charge on any atom is 0.0951 e. The highest BCUT2D eigenvalue weighted by Crippen LogP contribution is 2.37. The molecule has 1 aromatic heterocycles. The quantitative estimate of drug-likeness (QED) is 0.751. The fourth-order valence-electron chi connectivity index (χ4n) is 2.77. The van der Waals surface area contributed by atoms with Crippen LogP contribution in [0.15, 0.2) is 12.5 Å². The lowest BCUT2D eigenvalue weighted by molar-refractivity contribution is 0.0872. The molecule has 1 aromatic rings. The smallest absolute Gasteiger partial charge is 0.0951 e. The lowest BCUT2D eigenvalue weighted by Crippen LogP contribution is -2.42. The van der Waals surface area contributed by atoms with Crippen molar-refractivity contribution in [3.63, 3.8) is 0 Å². The number of nitrogens with zero attached hydrogens (tertiary/aromatic N) is 3.